The van der Waals surface area contributed by atoms with Crippen LogP contribution in [-0.2, 0) is 14.4 Å². The maximum atomic E-state index is 10.5. The molecule has 0 unspecified atom stereocenters. The quantitative estimate of drug-likeness (QED) is 0.231. The molecule has 8 heteroatoms. The highest BCUT2D eigenvalue weighted by molar-refractivity contribution is 5.71. The van der Waals surface area contributed by atoms with Crippen molar-refractivity contribution >= 4 is 12.2 Å². The van der Waals surface area contributed by atoms with Crippen molar-refractivity contribution in [2.75, 3.05) is 6.61 Å². The lowest BCUT2D eigenvalue weighted by atomic mass is 10.0. The van der Waals surface area contributed by atoms with Crippen LogP contribution in [0.4, 0.5) is 0 Å². The predicted octanol–water partition coefficient (Wildman–Crippen LogP) is -3.30. The Hall–Kier alpha value is -1.06. The van der Waals surface area contributed by atoms with Crippen molar-refractivity contribution in [3.8, 4) is 0 Å². The third-order valence-corrected chi connectivity index (χ3v) is 1.74. The molecule has 0 heterocycles. The van der Waals surface area contributed by atoms with Crippen molar-refractivity contribution in [3.05, 3.63) is 0 Å². The van der Waals surface area contributed by atoms with Crippen molar-refractivity contribution in [2.24, 2.45) is 0 Å². The van der Waals surface area contributed by atoms with Gasteiger partial charge >= 0.3 is 0 Å². The number of aliphatic hydroxyl groups excluding tert-OH is 4. The van der Waals surface area contributed by atoms with Crippen molar-refractivity contribution in [1.29, 1.82) is 0 Å². The fourth-order valence-electron chi connectivity index (χ4n) is 0.859. The number of aldehydes is 1. The third-order valence-electron chi connectivity index (χ3n) is 1.74. The zero-order valence-electron chi connectivity index (χ0n) is 8.61. The molecule has 0 aromatic rings. The molecule has 0 spiro atoms. The molecule has 0 aliphatic heterocycles. The van der Waals surface area contributed by atoms with Gasteiger partial charge in [-0.15, -0.1) is 0 Å². The van der Waals surface area contributed by atoms with Crippen molar-refractivity contribution in [3.63, 3.8) is 0 Å². The molecule has 0 saturated heterocycles. The maximum Gasteiger partial charge on any atom is 0.240 e. The number of carbonyl (C=O) groups excluding carboxylic acids is 2. The van der Waals surface area contributed by atoms with Crippen LogP contribution < -0.4 is 5.48 Å². The minimum Gasteiger partial charge on any atom is -0.394 e. The van der Waals surface area contributed by atoms with Crippen LogP contribution in [0.15, 0.2) is 0 Å². The third kappa shape index (κ3) is 4.64. The minimum atomic E-state index is -1.77. The van der Waals surface area contributed by atoms with Gasteiger partial charge in [0.25, 0.3) is 0 Å². The minimum absolute atomic E-state index is 0.147. The van der Waals surface area contributed by atoms with E-state index in [1.54, 1.807) is 5.48 Å². The molecule has 0 saturated carbocycles. The van der Waals surface area contributed by atoms with E-state index in [1.165, 1.54) is 0 Å². The molecule has 0 bridgehead atoms. The van der Waals surface area contributed by atoms with E-state index in [0.717, 1.165) is 6.92 Å². The zero-order chi connectivity index (χ0) is 12.7. The summed E-state index contributed by atoms with van der Waals surface area (Å²) >= 11 is 0. The van der Waals surface area contributed by atoms with Gasteiger partial charge < -0.3 is 25.2 Å². The number of hydrogen-bond donors (Lipinski definition) is 5. The van der Waals surface area contributed by atoms with Crippen molar-refractivity contribution < 1.29 is 34.9 Å². The summed E-state index contributed by atoms with van der Waals surface area (Å²) in [4.78, 5) is 25.4. The van der Waals surface area contributed by atoms with E-state index < -0.39 is 36.9 Å². The van der Waals surface area contributed by atoms with E-state index in [-0.39, 0.29) is 6.29 Å². The Morgan fingerprint density at radius 3 is 2.31 bits per heavy atom. The van der Waals surface area contributed by atoms with Crippen LogP contribution in [0.5, 0.6) is 0 Å². The van der Waals surface area contributed by atoms with Gasteiger partial charge in [0.1, 0.15) is 18.3 Å². The second-order valence-electron chi connectivity index (χ2n) is 3.11. The summed E-state index contributed by atoms with van der Waals surface area (Å²) in [5, 5.41) is 36.1. The van der Waals surface area contributed by atoms with Gasteiger partial charge in [0.05, 0.1) is 6.61 Å². The molecule has 94 valence electrons. The monoisotopic (exact) mass is 237 g/mol. The van der Waals surface area contributed by atoms with Gasteiger partial charge in [0, 0.05) is 6.92 Å². The number of rotatable bonds is 7. The van der Waals surface area contributed by atoms with Crippen LogP contribution in [0.3, 0.4) is 0 Å². The van der Waals surface area contributed by atoms with Crippen LogP contribution in [-0.4, -0.2) is 63.6 Å². The van der Waals surface area contributed by atoms with Gasteiger partial charge in [-0.25, -0.2) is 5.48 Å². The first-order valence-corrected chi connectivity index (χ1v) is 4.46. The van der Waals surface area contributed by atoms with E-state index in [4.69, 9.17) is 10.2 Å². The molecule has 16 heavy (non-hydrogen) atoms. The summed E-state index contributed by atoms with van der Waals surface area (Å²) < 4.78 is 0. The zero-order valence-corrected chi connectivity index (χ0v) is 8.61. The first-order chi connectivity index (χ1) is 7.43. The highest BCUT2D eigenvalue weighted by atomic mass is 16.7. The highest BCUT2D eigenvalue weighted by Crippen LogP contribution is 2.05. The Kier molecular flexibility index (Phi) is 6.77. The Labute approximate surface area is 91.4 Å². The number of nitrogens with one attached hydrogen (secondary N) is 1. The molecule has 0 aliphatic rings. The van der Waals surface area contributed by atoms with E-state index in [9.17, 15) is 19.8 Å². The summed E-state index contributed by atoms with van der Waals surface area (Å²) in [7, 11) is 0. The van der Waals surface area contributed by atoms with E-state index >= 15 is 0 Å². The summed E-state index contributed by atoms with van der Waals surface area (Å²) in [6, 6.07) is 0. The molecule has 1 amide bonds. The van der Waals surface area contributed by atoms with Crippen LogP contribution in [0, 0.1) is 0 Å². The lowest BCUT2D eigenvalue weighted by molar-refractivity contribution is -0.165. The van der Waals surface area contributed by atoms with Gasteiger partial charge in [-0.2, -0.15) is 0 Å². The molecule has 4 atom stereocenters. The normalized spacial score (nSPS) is 18.3. The molecule has 5 N–H and O–H groups in total. The highest BCUT2D eigenvalue weighted by Gasteiger charge is 2.32. The molecular formula is C8H15NO7. The number of aliphatic hydroxyl groups is 4. The molecule has 0 aliphatic carbocycles. The lowest BCUT2D eigenvalue weighted by Crippen LogP contribution is -2.49. The number of hydrogen-bond acceptors (Lipinski definition) is 7. The SMILES string of the molecule is CC(=O)NO[C@H](C=O)[C@@H](O)[C@H](O)[C@H](O)CO. The lowest BCUT2D eigenvalue weighted by Gasteiger charge is -2.25. The van der Waals surface area contributed by atoms with Crippen LogP contribution >= 0.6 is 0 Å². The van der Waals surface area contributed by atoms with E-state index in [2.05, 4.69) is 4.84 Å². The average molecular weight is 237 g/mol. The molecule has 0 fully saturated rings. The predicted molar refractivity (Wildman–Crippen MR) is 49.9 cm³/mol. The number of amides is 1. The standard InChI is InChI=1S/C8H15NO7/c1-4(12)9-16-6(3-11)8(15)7(14)5(13)2-10/h3,5-8,10,13-15H,2H2,1H3,(H,9,12)/t5-,6-,7-,8-/m1/s1. The summed E-state index contributed by atoms with van der Waals surface area (Å²) in [6.45, 7) is 0.331. The van der Waals surface area contributed by atoms with Gasteiger partial charge in [-0.3, -0.25) is 9.63 Å². The summed E-state index contributed by atoms with van der Waals surface area (Å²) in [5.41, 5.74) is 1.80. The number of carbonyl (C=O) groups is 2. The molecule has 0 rings (SSSR count). The average Bonchev–Trinajstić information content (AvgIpc) is 2.27. The maximum absolute atomic E-state index is 10.5. The smallest absolute Gasteiger partial charge is 0.240 e. The fourth-order valence-corrected chi connectivity index (χ4v) is 0.859. The van der Waals surface area contributed by atoms with Crippen molar-refractivity contribution in [1.82, 2.24) is 5.48 Å². The molecule has 8 nitrogen and oxygen atoms in total. The molecule has 0 aromatic heterocycles. The largest absolute Gasteiger partial charge is 0.394 e. The molecule has 0 radical (unpaired) electrons. The van der Waals surface area contributed by atoms with Crippen molar-refractivity contribution in [2.45, 2.75) is 31.3 Å². The van der Waals surface area contributed by atoms with E-state index in [1.807, 2.05) is 0 Å². The summed E-state index contributed by atoms with van der Waals surface area (Å²) in [5.74, 6) is -0.601. The topological polar surface area (TPSA) is 136 Å². The molecular weight excluding hydrogens is 222 g/mol. The van der Waals surface area contributed by atoms with Gasteiger partial charge in [-0.05, 0) is 0 Å². The first kappa shape index (κ1) is 14.9. The van der Waals surface area contributed by atoms with Gasteiger partial charge in [0.15, 0.2) is 12.4 Å². The Morgan fingerprint density at radius 2 is 1.94 bits per heavy atom. The first-order valence-electron chi connectivity index (χ1n) is 4.46. The fraction of sp³-hybridized carbons (Fsp3) is 0.750. The Balaban J connectivity index is 4.33. The Bertz CT molecular complexity index is 234. The van der Waals surface area contributed by atoms with Crippen LogP contribution in [0.25, 0.3) is 0 Å². The van der Waals surface area contributed by atoms with Crippen LogP contribution in [0.2, 0.25) is 0 Å². The Morgan fingerprint density at radius 1 is 1.38 bits per heavy atom. The molecule has 0 aromatic carbocycles. The van der Waals surface area contributed by atoms with Crippen LogP contribution in [0.1, 0.15) is 6.92 Å². The second kappa shape index (κ2) is 7.25. The summed E-state index contributed by atoms with van der Waals surface area (Å²) in [6.07, 6.45) is -6.55. The van der Waals surface area contributed by atoms with Gasteiger partial charge in [-0.1, -0.05) is 0 Å². The number of hydroxylamine groups is 1. The second-order valence-corrected chi connectivity index (χ2v) is 3.11. The van der Waals surface area contributed by atoms with E-state index in [0.29, 0.717) is 0 Å². The van der Waals surface area contributed by atoms with Gasteiger partial charge in [0.2, 0.25) is 5.91 Å².